The Bertz CT molecular complexity index is 176. The van der Waals surface area contributed by atoms with Gasteiger partial charge in [0, 0.05) is 11.8 Å². The van der Waals surface area contributed by atoms with Crippen molar-refractivity contribution < 1.29 is 0 Å². The number of rotatable bonds is 6. The molecule has 3 atom stereocenters. The van der Waals surface area contributed by atoms with Crippen molar-refractivity contribution in [2.75, 3.05) is 5.75 Å². The van der Waals surface area contributed by atoms with E-state index in [9.17, 15) is 0 Å². The minimum atomic E-state index is 0.0760. The molecule has 0 spiro atoms. The van der Waals surface area contributed by atoms with Gasteiger partial charge in [0.15, 0.2) is 0 Å². The molecule has 1 rings (SSSR count). The van der Waals surface area contributed by atoms with E-state index < -0.39 is 0 Å². The normalized spacial score (nSPS) is 31.7. The third kappa shape index (κ3) is 5.41. The van der Waals surface area contributed by atoms with Gasteiger partial charge in [0.05, 0.1) is 0 Å². The van der Waals surface area contributed by atoms with Crippen molar-refractivity contribution in [3.63, 3.8) is 0 Å². The summed E-state index contributed by atoms with van der Waals surface area (Å²) in [4.78, 5) is 0. The molecule has 0 aromatic rings. The number of hydrogen-bond acceptors (Lipinski definition) is 1. The summed E-state index contributed by atoms with van der Waals surface area (Å²) in [6.45, 7) is 4.55. The maximum atomic E-state index is 5.46. The first kappa shape index (κ1) is 13.6. The molecule has 1 N–H and O–H groups in total. The predicted molar refractivity (Wildman–Crippen MR) is 73.7 cm³/mol. The SMILES string of the molecule is CCCCC1CC(CCCC)NS(=S)C1. The van der Waals surface area contributed by atoms with Gasteiger partial charge in [-0.3, -0.25) is 4.72 Å². The van der Waals surface area contributed by atoms with Crippen molar-refractivity contribution in [1.29, 1.82) is 0 Å². The van der Waals surface area contributed by atoms with Gasteiger partial charge in [0.1, 0.15) is 0 Å². The summed E-state index contributed by atoms with van der Waals surface area (Å²) in [5.41, 5.74) is 0. The average Bonchev–Trinajstić information content (AvgIpc) is 2.23. The maximum Gasteiger partial charge on any atom is 0.0177 e. The molecule has 1 saturated heterocycles. The van der Waals surface area contributed by atoms with Crippen molar-refractivity contribution in [3.05, 3.63) is 0 Å². The zero-order valence-electron chi connectivity index (χ0n) is 10.1. The van der Waals surface area contributed by atoms with Crippen molar-refractivity contribution in [3.8, 4) is 0 Å². The van der Waals surface area contributed by atoms with E-state index in [2.05, 4.69) is 18.6 Å². The Hall–Kier alpha value is 0.530. The Balaban J connectivity index is 2.30. The third-order valence-electron chi connectivity index (χ3n) is 3.18. The summed E-state index contributed by atoms with van der Waals surface area (Å²) in [5.74, 6) is 2.16. The molecule has 3 heteroatoms. The van der Waals surface area contributed by atoms with Crippen molar-refractivity contribution in [1.82, 2.24) is 4.72 Å². The quantitative estimate of drug-likeness (QED) is 0.772. The molecule has 0 amide bonds. The Kier molecular flexibility index (Phi) is 7.02. The van der Waals surface area contributed by atoms with Crippen LogP contribution in [0.4, 0.5) is 0 Å². The highest BCUT2D eigenvalue weighted by atomic mass is 32.8. The third-order valence-corrected chi connectivity index (χ3v) is 5.24. The van der Waals surface area contributed by atoms with Crippen LogP contribution in [0.5, 0.6) is 0 Å². The Morgan fingerprint density at radius 3 is 2.53 bits per heavy atom. The van der Waals surface area contributed by atoms with Crippen LogP contribution >= 0.6 is 0 Å². The van der Waals surface area contributed by atoms with Crippen molar-refractivity contribution >= 4 is 20.8 Å². The monoisotopic (exact) mass is 247 g/mol. The second-order valence-electron chi connectivity index (χ2n) is 4.71. The Morgan fingerprint density at radius 2 is 1.87 bits per heavy atom. The van der Waals surface area contributed by atoms with Gasteiger partial charge in [-0.1, -0.05) is 49.2 Å². The van der Waals surface area contributed by atoms with Crippen LogP contribution in [0.25, 0.3) is 0 Å². The van der Waals surface area contributed by atoms with Crippen LogP contribution in [0.3, 0.4) is 0 Å². The first-order valence-corrected chi connectivity index (χ1v) is 8.72. The molecular formula is C12H25NS2. The van der Waals surface area contributed by atoms with Crippen LogP contribution in [-0.2, 0) is 20.8 Å². The molecule has 1 heterocycles. The molecule has 3 unspecified atom stereocenters. The lowest BCUT2D eigenvalue weighted by atomic mass is 9.94. The largest absolute Gasteiger partial charge is 0.258 e. The molecule has 1 aliphatic rings. The van der Waals surface area contributed by atoms with Gasteiger partial charge in [0.25, 0.3) is 0 Å². The van der Waals surface area contributed by atoms with Gasteiger partial charge in [-0.15, -0.1) is 0 Å². The van der Waals surface area contributed by atoms with E-state index in [-0.39, 0.29) is 9.64 Å². The van der Waals surface area contributed by atoms with Crippen LogP contribution in [0.1, 0.15) is 58.8 Å². The van der Waals surface area contributed by atoms with Gasteiger partial charge in [0.2, 0.25) is 0 Å². The molecule has 0 aromatic heterocycles. The Labute approximate surface area is 102 Å². The van der Waals surface area contributed by atoms with E-state index in [0.717, 1.165) is 12.0 Å². The summed E-state index contributed by atoms with van der Waals surface area (Å²) < 4.78 is 3.60. The molecule has 1 aliphatic heterocycles. The van der Waals surface area contributed by atoms with Crippen molar-refractivity contribution in [2.45, 2.75) is 64.8 Å². The van der Waals surface area contributed by atoms with Gasteiger partial charge < -0.3 is 0 Å². The molecule has 0 saturated carbocycles. The molecule has 0 radical (unpaired) electrons. The highest BCUT2D eigenvalue weighted by Gasteiger charge is 2.22. The van der Waals surface area contributed by atoms with E-state index in [0.29, 0.717) is 0 Å². The summed E-state index contributed by atoms with van der Waals surface area (Å²) >= 11 is 5.46. The second kappa shape index (κ2) is 7.75. The highest BCUT2D eigenvalue weighted by Crippen LogP contribution is 2.22. The topological polar surface area (TPSA) is 12.0 Å². The van der Waals surface area contributed by atoms with E-state index >= 15 is 0 Å². The fourth-order valence-corrected chi connectivity index (χ4v) is 4.69. The molecule has 1 fully saturated rings. The first-order valence-electron chi connectivity index (χ1n) is 6.40. The van der Waals surface area contributed by atoms with E-state index in [1.807, 2.05) is 0 Å². The van der Waals surface area contributed by atoms with Crippen LogP contribution in [0.2, 0.25) is 0 Å². The molecule has 0 bridgehead atoms. The number of hydrogen-bond donors (Lipinski definition) is 1. The Morgan fingerprint density at radius 1 is 1.20 bits per heavy atom. The lowest BCUT2D eigenvalue weighted by molar-refractivity contribution is 0.382. The fourth-order valence-electron chi connectivity index (χ4n) is 2.29. The highest BCUT2D eigenvalue weighted by molar-refractivity contribution is 8.27. The summed E-state index contributed by atoms with van der Waals surface area (Å²) in [7, 11) is 0.0760. The molecule has 0 aromatic carbocycles. The van der Waals surface area contributed by atoms with E-state index in [1.165, 1.54) is 50.7 Å². The van der Waals surface area contributed by atoms with Crippen LogP contribution in [0.15, 0.2) is 0 Å². The predicted octanol–water partition coefficient (Wildman–Crippen LogP) is 3.34. The zero-order valence-corrected chi connectivity index (χ0v) is 11.8. The van der Waals surface area contributed by atoms with Gasteiger partial charge in [-0.05, 0) is 36.4 Å². The first-order chi connectivity index (χ1) is 7.26. The van der Waals surface area contributed by atoms with Gasteiger partial charge in [-0.25, -0.2) is 0 Å². The molecular weight excluding hydrogens is 222 g/mol. The van der Waals surface area contributed by atoms with Crippen LogP contribution in [0, 0.1) is 5.92 Å². The van der Waals surface area contributed by atoms with Gasteiger partial charge >= 0.3 is 0 Å². The minimum absolute atomic E-state index is 0.0760. The second-order valence-corrected chi connectivity index (χ2v) is 7.18. The molecule has 1 nitrogen and oxygen atoms in total. The zero-order chi connectivity index (χ0) is 11.1. The lowest BCUT2D eigenvalue weighted by Crippen LogP contribution is -2.40. The van der Waals surface area contributed by atoms with Crippen LogP contribution in [-0.4, -0.2) is 11.8 Å². The average molecular weight is 247 g/mol. The standard InChI is InChI=1S/C12H25NS2/c1-3-5-7-11-9-12(8-6-4-2)13-15(14)10-11/h11-13H,3-10H2,1-2H3. The van der Waals surface area contributed by atoms with E-state index in [1.54, 1.807) is 0 Å². The lowest BCUT2D eigenvalue weighted by Gasteiger charge is -2.31. The van der Waals surface area contributed by atoms with Gasteiger partial charge in [-0.2, -0.15) is 0 Å². The summed E-state index contributed by atoms with van der Waals surface area (Å²) in [6.07, 6.45) is 9.49. The van der Waals surface area contributed by atoms with E-state index in [4.69, 9.17) is 11.2 Å². The minimum Gasteiger partial charge on any atom is -0.258 e. The maximum absolute atomic E-state index is 5.46. The summed E-state index contributed by atoms with van der Waals surface area (Å²) in [6, 6.07) is 0.724. The fraction of sp³-hybridized carbons (Fsp3) is 1.00. The molecule has 90 valence electrons. The smallest absolute Gasteiger partial charge is 0.0177 e. The van der Waals surface area contributed by atoms with Crippen LogP contribution < -0.4 is 4.72 Å². The molecule has 0 aliphatic carbocycles. The number of nitrogens with one attached hydrogen (secondary N) is 1. The van der Waals surface area contributed by atoms with Crippen molar-refractivity contribution in [2.24, 2.45) is 5.92 Å². The number of unbranched alkanes of at least 4 members (excludes halogenated alkanes) is 2. The summed E-state index contributed by atoms with van der Waals surface area (Å²) in [5, 5.41) is 0. The molecule has 15 heavy (non-hydrogen) atoms.